The SMILES string of the molecule is CCNC(=NCc1ccc(C(N)=O)o1)NC1CCCN(c2ccc(F)cc2C)C1. The molecule has 1 aromatic heterocycles. The number of aryl methyl sites for hydroxylation is 1. The second kappa shape index (κ2) is 9.45. The number of guanidine groups is 1. The normalized spacial score (nSPS) is 17.3. The van der Waals surface area contributed by atoms with E-state index in [0.717, 1.165) is 43.7 Å². The molecule has 29 heavy (non-hydrogen) atoms. The van der Waals surface area contributed by atoms with E-state index >= 15 is 0 Å². The molecule has 7 nitrogen and oxygen atoms in total. The van der Waals surface area contributed by atoms with Gasteiger partial charge < -0.3 is 25.7 Å². The molecule has 1 aliphatic heterocycles. The van der Waals surface area contributed by atoms with Crippen molar-refractivity contribution in [1.82, 2.24) is 10.6 Å². The number of halogens is 1. The Labute approximate surface area is 170 Å². The lowest BCUT2D eigenvalue weighted by molar-refractivity contribution is 0.0972. The van der Waals surface area contributed by atoms with Crippen molar-refractivity contribution in [2.24, 2.45) is 10.7 Å². The molecule has 1 amide bonds. The summed E-state index contributed by atoms with van der Waals surface area (Å²) in [5.74, 6) is 0.585. The van der Waals surface area contributed by atoms with E-state index in [1.807, 2.05) is 19.9 Å². The van der Waals surface area contributed by atoms with Gasteiger partial charge in [0, 0.05) is 31.4 Å². The smallest absolute Gasteiger partial charge is 0.284 e. The second-order valence-electron chi connectivity index (χ2n) is 7.19. The molecule has 2 heterocycles. The fourth-order valence-corrected chi connectivity index (χ4v) is 3.55. The molecule has 8 heteroatoms. The average Bonchev–Trinajstić information content (AvgIpc) is 3.16. The van der Waals surface area contributed by atoms with E-state index in [4.69, 9.17) is 10.2 Å². The first kappa shape index (κ1) is 20.7. The fourth-order valence-electron chi connectivity index (χ4n) is 3.55. The maximum absolute atomic E-state index is 13.4. The van der Waals surface area contributed by atoms with Crippen molar-refractivity contribution in [2.75, 3.05) is 24.5 Å². The van der Waals surface area contributed by atoms with Gasteiger partial charge in [-0.25, -0.2) is 9.38 Å². The van der Waals surface area contributed by atoms with Gasteiger partial charge in [0.2, 0.25) is 0 Å². The van der Waals surface area contributed by atoms with Crippen molar-refractivity contribution in [3.63, 3.8) is 0 Å². The molecule has 1 saturated heterocycles. The van der Waals surface area contributed by atoms with Crippen molar-refractivity contribution >= 4 is 17.6 Å². The summed E-state index contributed by atoms with van der Waals surface area (Å²) in [6.45, 7) is 6.72. The lowest BCUT2D eigenvalue weighted by Crippen LogP contribution is -2.51. The van der Waals surface area contributed by atoms with E-state index in [0.29, 0.717) is 18.3 Å². The summed E-state index contributed by atoms with van der Waals surface area (Å²) < 4.78 is 18.8. The van der Waals surface area contributed by atoms with Gasteiger partial charge in [-0.15, -0.1) is 0 Å². The highest BCUT2D eigenvalue weighted by atomic mass is 19.1. The van der Waals surface area contributed by atoms with Gasteiger partial charge in [0.25, 0.3) is 5.91 Å². The van der Waals surface area contributed by atoms with Gasteiger partial charge >= 0.3 is 0 Å². The molecule has 4 N–H and O–H groups in total. The molecule has 0 spiro atoms. The van der Waals surface area contributed by atoms with E-state index in [1.165, 1.54) is 6.07 Å². The number of carbonyl (C=O) groups is 1. The Balaban J connectivity index is 1.65. The van der Waals surface area contributed by atoms with Crippen molar-refractivity contribution < 1.29 is 13.6 Å². The van der Waals surface area contributed by atoms with Gasteiger partial charge in [0.15, 0.2) is 11.7 Å². The Morgan fingerprint density at radius 2 is 2.21 bits per heavy atom. The zero-order valence-electron chi connectivity index (χ0n) is 16.9. The number of amides is 1. The molecular formula is C21H28FN5O2. The van der Waals surface area contributed by atoms with E-state index in [2.05, 4.69) is 20.5 Å². The number of benzene rings is 1. The van der Waals surface area contributed by atoms with Gasteiger partial charge in [-0.05, 0) is 62.6 Å². The van der Waals surface area contributed by atoms with Crippen LogP contribution in [0.4, 0.5) is 10.1 Å². The molecule has 0 aliphatic carbocycles. The molecule has 0 bridgehead atoms. The van der Waals surface area contributed by atoms with Crippen molar-refractivity contribution in [3.8, 4) is 0 Å². The van der Waals surface area contributed by atoms with Crippen LogP contribution < -0.4 is 21.3 Å². The number of aliphatic imine (C=N–C) groups is 1. The Morgan fingerprint density at radius 1 is 1.38 bits per heavy atom. The summed E-state index contributed by atoms with van der Waals surface area (Å²) in [5, 5.41) is 6.72. The van der Waals surface area contributed by atoms with Gasteiger partial charge in [0.1, 0.15) is 18.1 Å². The quantitative estimate of drug-likeness (QED) is 0.511. The highest BCUT2D eigenvalue weighted by Gasteiger charge is 2.22. The van der Waals surface area contributed by atoms with Gasteiger partial charge in [0.05, 0.1) is 0 Å². The minimum Gasteiger partial charge on any atom is -0.454 e. The molecule has 0 saturated carbocycles. The topological polar surface area (TPSA) is 95.9 Å². The van der Waals surface area contributed by atoms with E-state index in [1.54, 1.807) is 18.2 Å². The minimum atomic E-state index is -0.594. The van der Waals surface area contributed by atoms with E-state index in [-0.39, 0.29) is 17.6 Å². The van der Waals surface area contributed by atoms with E-state index in [9.17, 15) is 9.18 Å². The number of nitrogens with one attached hydrogen (secondary N) is 2. The summed E-state index contributed by atoms with van der Waals surface area (Å²) in [7, 11) is 0. The predicted molar refractivity (Wildman–Crippen MR) is 112 cm³/mol. The van der Waals surface area contributed by atoms with E-state index < -0.39 is 5.91 Å². The maximum Gasteiger partial charge on any atom is 0.284 e. The molecule has 1 atom stereocenters. The number of primary amides is 1. The predicted octanol–water partition coefficient (Wildman–Crippen LogP) is 2.55. The monoisotopic (exact) mass is 401 g/mol. The molecule has 3 rings (SSSR count). The number of carbonyl (C=O) groups excluding carboxylic acids is 1. The van der Waals surface area contributed by atoms with Crippen molar-refractivity contribution in [1.29, 1.82) is 0 Å². The lowest BCUT2D eigenvalue weighted by Gasteiger charge is -2.36. The van der Waals surface area contributed by atoms with Crippen LogP contribution in [0.25, 0.3) is 0 Å². The number of hydrogen-bond donors (Lipinski definition) is 3. The third-order valence-electron chi connectivity index (χ3n) is 4.90. The molecular weight excluding hydrogens is 373 g/mol. The van der Waals surface area contributed by atoms with Crippen molar-refractivity contribution in [3.05, 3.63) is 53.2 Å². The summed E-state index contributed by atoms with van der Waals surface area (Å²) >= 11 is 0. The van der Waals surface area contributed by atoms with Crippen LogP contribution in [0.3, 0.4) is 0 Å². The molecule has 1 fully saturated rings. The van der Waals surface area contributed by atoms with Crippen LogP contribution in [0.2, 0.25) is 0 Å². The fraction of sp³-hybridized carbons (Fsp3) is 0.429. The Kier molecular flexibility index (Phi) is 6.74. The maximum atomic E-state index is 13.4. The highest BCUT2D eigenvalue weighted by molar-refractivity contribution is 5.89. The number of nitrogens with zero attached hydrogens (tertiary/aromatic N) is 2. The molecule has 156 valence electrons. The van der Waals surface area contributed by atoms with Crippen LogP contribution in [0.1, 0.15) is 41.6 Å². The van der Waals surface area contributed by atoms with Crippen LogP contribution in [0, 0.1) is 12.7 Å². The number of furan rings is 1. The van der Waals surface area contributed by atoms with Gasteiger partial charge in [-0.1, -0.05) is 0 Å². The third-order valence-corrected chi connectivity index (χ3v) is 4.90. The molecule has 1 unspecified atom stereocenters. The average molecular weight is 401 g/mol. The van der Waals surface area contributed by atoms with Gasteiger partial charge in [-0.3, -0.25) is 4.79 Å². The molecule has 0 radical (unpaired) electrons. The standard InChI is InChI=1S/C21H28FN5O2/c1-3-24-21(25-12-17-7-9-19(29-17)20(23)28)26-16-5-4-10-27(13-16)18-8-6-15(22)11-14(18)2/h6-9,11,16H,3-5,10,12-13H2,1-2H3,(H2,23,28)(H2,24,25,26). The Morgan fingerprint density at radius 3 is 2.90 bits per heavy atom. The summed E-state index contributed by atoms with van der Waals surface area (Å²) in [6.07, 6.45) is 2.06. The second-order valence-corrected chi connectivity index (χ2v) is 7.19. The van der Waals surface area contributed by atoms with Gasteiger partial charge in [-0.2, -0.15) is 0 Å². The zero-order valence-corrected chi connectivity index (χ0v) is 16.9. The van der Waals surface area contributed by atoms with Crippen molar-refractivity contribution in [2.45, 2.75) is 39.3 Å². The minimum absolute atomic E-state index is 0.130. The lowest BCUT2D eigenvalue weighted by atomic mass is 10.0. The van der Waals surface area contributed by atoms with Crippen LogP contribution in [0.15, 0.2) is 39.7 Å². The highest BCUT2D eigenvalue weighted by Crippen LogP contribution is 2.24. The van der Waals surface area contributed by atoms with Crippen LogP contribution in [-0.2, 0) is 6.54 Å². The number of nitrogens with two attached hydrogens (primary N) is 1. The third kappa shape index (κ3) is 5.49. The number of rotatable bonds is 6. The summed E-state index contributed by atoms with van der Waals surface area (Å²) in [5.41, 5.74) is 7.22. The van der Waals surface area contributed by atoms with Crippen LogP contribution in [0.5, 0.6) is 0 Å². The summed E-state index contributed by atoms with van der Waals surface area (Å²) in [6, 6.07) is 8.39. The molecule has 1 aromatic carbocycles. The first-order valence-corrected chi connectivity index (χ1v) is 9.90. The number of anilines is 1. The zero-order chi connectivity index (χ0) is 20.8. The molecule has 2 aromatic rings. The summed E-state index contributed by atoms with van der Waals surface area (Å²) in [4.78, 5) is 18.0. The van der Waals surface area contributed by atoms with Crippen LogP contribution >= 0.6 is 0 Å². The largest absolute Gasteiger partial charge is 0.454 e. The Hall–Kier alpha value is -3.03. The first-order valence-electron chi connectivity index (χ1n) is 9.90. The van der Waals surface area contributed by atoms with Crippen LogP contribution in [-0.4, -0.2) is 37.5 Å². The Bertz CT molecular complexity index is 880. The molecule has 1 aliphatic rings. The number of piperidine rings is 1. The first-order chi connectivity index (χ1) is 14.0. The number of hydrogen-bond acceptors (Lipinski definition) is 4.